The highest BCUT2D eigenvalue weighted by atomic mass is 16.6. The average Bonchev–Trinajstić information content (AvgIpc) is 3.37. The third kappa shape index (κ3) is 56.1. The van der Waals surface area contributed by atoms with Crippen molar-refractivity contribution in [3.63, 3.8) is 0 Å². The van der Waals surface area contributed by atoms with Crippen molar-refractivity contribution in [2.45, 2.75) is 232 Å². The molecule has 6 heteroatoms. The zero-order chi connectivity index (χ0) is 51.4. The van der Waals surface area contributed by atoms with Crippen LogP contribution in [0.2, 0.25) is 0 Å². The molecule has 0 saturated heterocycles. The van der Waals surface area contributed by atoms with Crippen LogP contribution in [0.1, 0.15) is 226 Å². The molecule has 0 bridgehead atoms. The predicted octanol–water partition coefficient (Wildman–Crippen LogP) is 19.2. The number of hydrogen-bond acceptors (Lipinski definition) is 6. The molecule has 0 heterocycles. The Hall–Kier alpha value is -4.71. The molecule has 0 aliphatic rings. The zero-order valence-electron chi connectivity index (χ0n) is 45.4. The van der Waals surface area contributed by atoms with Crippen molar-refractivity contribution in [2.24, 2.45) is 0 Å². The van der Waals surface area contributed by atoms with E-state index < -0.39 is 12.1 Å². The van der Waals surface area contributed by atoms with Crippen LogP contribution in [0, 0.1) is 0 Å². The van der Waals surface area contributed by atoms with Crippen LogP contribution in [0.3, 0.4) is 0 Å². The van der Waals surface area contributed by atoms with E-state index in [0.29, 0.717) is 19.3 Å². The summed E-state index contributed by atoms with van der Waals surface area (Å²) < 4.78 is 16.8. The van der Waals surface area contributed by atoms with Crippen LogP contribution in [-0.2, 0) is 28.6 Å². The summed E-state index contributed by atoms with van der Waals surface area (Å²) in [7, 11) is 0. The van der Waals surface area contributed by atoms with E-state index in [1.54, 1.807) is 0 Å². The minimum absolute atomic E-state index is 0.125. The maximum atomic E-state index is 12.8. The molecule has 6 nitrogen and oxygen atoms in total. The molecule has 0 aromatic rings. The molecule has 0 amide bonds. The Kier molecular flexibility index (Phi) is 54.0. The third-order valence-electron chi connectivity index (χ3n) is 11.3. The van der Waals surface area contributed by atoms with Gasteiger partial charge in [0.15, 0.2) is 6.10 Å². The highest BCUT2D eigenvalue weighted by Gasteiger charge is 2.19. The van der Waals surface area contributed by atoms with Crippen molar-refractivity contribution >= 4 is 17.9 Å². The summed E-state index contributed by atoms with van der Waals surface area (Å²) in [5, 5.41) is 0. The Bertz CT molecular complexity index is 1590. The zero-order valence-corrected chi connectivity index (χ0v) is 45.4. The molecule has 0 aliphatic heterocycles. The van der Waals surface area contributed by atoms with Crippen molar-refractivity contribution in [3.05, 3.63) is 146 Å². The van der Waals surface area contributed by atoms with Crippen LogP contribution in [0.4, 0.5) is 0 Å². The molecular weight excluding hydrogens is 877 g/mol. The Morgan fingerprint density at radius 2 is 0.577 bits per heavy atom. The summed E-state index contributed by atoms with van der Waals surface area (Å²) in [5.41, 5.74) is 0. The van der Waals surface area contributed by atoms with Crippen LogP contribution >= 0.6 is 0 Å². The number of allylic oxidation sites excluding steroid dienone is 24. The smallest absolute Gasteiger partial charge is 0.306 e. The van der Waals surface area contributed by atoms with Gasteiger partial charge in [-0.25, -0.2) is 0 Å². The predicted molar refractivity (Wildman–Crippen MR) is 306 cm³/mol. The van der Waals surface area contributed by atoms with E-state index in [0.717, 1.165) is 141 Å². The second kappa shape index (κ2) is 57.9. The molecule has 1 unspecified atom stereocenters. The lowest BCUT2D eigenvalue weighted by molar-refractivity contribution is -0.166. The van der Waals surface area contributed by atoms with E-state index in [1.807, 2.05) is 12.2 Å². The first-order valence-corrected chi connectivity index (χ1v) is 28.3. The van der Waals surface area contributed by atoms with E-state index in [2.05, 4.69) is 154 Å². The number of esters is 3. The molecule has 0 spiro atoms. The van der Waals surface area contributed by atoms with Gasteiger partial charge in [-0.1, -0.05) is 224 Å². The Labute approximate surface area is 436 Å². The van der Waals surface area contributed by atoms with Gasteiger partial charge in [0.05, 0.1) is 0 Å². The molecular formula is C65H102O6. The second-order valence-electron chi connectivity index (χ2n) is 18.1. The fourth-order valence-corrected chi connectivity index (χ4v) is 7.13. The molecule has 0 radical (unpaired) electrons. The molecule has 0 N–H and O–H groups in total. The largest absolute Gasteiger partial charge is 0.462 e. The van der Waals surface area contributed by atoms with Gasteiger partial charge in [0.2, 0.25) is 0 Å². The van der Waals surface area contributed by atoms with Crippen LogP contribution in [0.25, 0.3) is 0 Å². The van der Waals surface area contributed by atoms with Gasteiger partial charge >= 0.3 is 17.9 Å². The van der Waals surface area contributed by atoms with Gasteiger partial charge in [0.1, 0.15) is 13.2 Å². The molecule has 0 aromatic carbocycles. The number of hydrogen-bond donors (Lipinski definition) is 0. The Morgan fingerprint density at radius 3 is 0.930 bits per heavy atom. The Morgan fingerprint density at radius 1 is 0.296 bits per heavy atom. The van der Waals surface area contributed by atoms with Crippen molar-refractivity contribution in [1.82, 2.24) is 0 Å². The average molecular weight is 980 g/mol. The van der Waals surface area contributed by atoms with E-state index >= 15 is 0 Å². The summed E-state index contributed by atoms with van der Waals surface area (Å²) in [4.78, 5) is 38.1. The van der Waals surface area contributed by atoms with Gasteiger partial charge in [-0.15, -0.1) is 0 Å². The molecule has 1 atom stereocenters. The van der Waals surface area contributed by atoms with E-state index in [4.69, 9.17) is 14.2 Å². The summed E-state index contributed by atoms with van der Waals surface area (Å²) in [6.07, 6.45) is 82.7. The maximum Gasteiger partial charge on any atom is 0.306 e. The standard InChI is InChI=1S/C65H102O6/c1-4-7-10-13-16-19-22-25-27-29-31-32-34-35-37-40-43-46-49-52-55-58-64(67)70-61-62(60-69-63(66)57-54-51-48-45-42-39-24-21-18-15-12-9-6-3)71-65(68)59-56-53-50-47-44-41-38-36-33-30-28-26-23-20-17-14-11-8-5-2/h7-8,10-11,16-17,19-21,24-28,31-33,35-37,41,44,50,53,62H,4-6,9,12-15,18,22-23,29-30,34,38-40,42-43,45-49,51-52,54-61H2,1-3H3/b10-7-,11-8-,19-16-,20-17-,24-21-,27-25-,28-26-,32-31-,36-33-,37-35-,44-41-,53-50-. The van der Waals surface area contributed by atoms with Gasteiger partial charge in [-0.3, -0.25) is 14.4 Å². The fourth-order valence-electron chi connectivity index (χ4n) is 7.13. The fraction of sp³-hybridized carbons (Fsp3) is 0.585. The van der Waals surface area contributed by atoms with Crippen molar-refractivity contribution in [1.29, 1.82) is 0 Å². The summed E-state index contributed by atoms with van der Waals surface area (Å²) in [6.45, 7) is 6.29. The minimum atomic E-state index is -0.837. The molecule has 71 heavy (non-hydrogen) atoms. The highest BCUT2D eigenvalue weighted by molar-refractivity contribution is 5.71. The summed E-state index contributed by atoms with van der Waals surface area (Å²) in [5.74, 6) is -1.04. The first-order valence-electron chi connectivity index (χ1n) is 28.3. The first-order chi connectivity index (χ1) is 35.0. The van der Waals surface area contributed by atoms with Crippen LogP contribution < -0.4 is 0 Å². The van der Waals surface area contributed by atoms with E-state index in [1.165, 1.54) is 38.5 Å². The van der Waals surface area contributed by atoms with Crippen molar-refractivity contribution < 1.29 is 28.6 Å². The molecule has 398 valence electrons. The van der Waals surface area contributed by atoms with E-state index in [9.17, 15) is 14.4 Å². The molecule has 0 fully saturated rings. The number of unbranched alkanes of at least 4 members (excludes halogenated alkanes) is 14. The number of carbonyl (C=O) groups excluding carboxylic acids is 3. The number of carbonyl (C=O) groups is 3. The molecule has 0 saturated carbocycles. The van der Waals surface area contributed by atoms with Crippen molar-refractivity contribution in [3.8, 4) is 0 Å². The van der Waals surface area contributed by atoms with Crippen LogP contribution in [0.5, 0.6) is 0 Å². The van der Waals surface area contributed by atoms with Crippen LogP contribution in [-0.4, -0.2) is 37.2 Å². The lowest BCUT2D eigenvalue weighted by Crippen LogP contribution is -2.30. The third-order valence-corrected chi connectivity index (χ3v) is 11.3. The molecule has 0 rings (SSSR count). The van der Waals surface area contributed by atoms with Gasteiger partial charge in [0.25, 0.3) is 0 Å². The monoisotopic (exact) mass is 979 g/mol. The lowest BCUT2D eigenvalue weighted by Gasteiger charge is -2.18. The SMILES string of the molecule is CC/C=C\C/C=C\C/C=C\C/C=C\C/C=C\C/C=C\CCC(=O)OC(COC(=O)CCCCCCC/C=C\C/C=C\C/C=C\C/C=C\C/C=C\CC)COC(=O)CCCCCCC/C=C\CCCCCC. The molecule has 0 aliphatic carbocycles. The van der Waals surface area contributed by atoms with Crippen molar-refractivity contribution in [2.75, 3.05) is 13.2 Å². The minimum Gasteiger partial charge on any atom is -0.462 e. The summed E-state index contributed by atoms with van der Waals surface area (Å²) >= 11 is 0. The number of ether oxygens (including phenoxy) is 3. The Balaban J connectivity index is 4.56. The van der Waals surface area contributed by atoms with E-state index in [-0.39, 0.29) is 31.6 Å². The second-order valence-corrected chi connectivity index (χ2v) is 18.1. The highest BCUT2D eigenvalue weighted by Crippen LogP contribution is 2.12. The quantitative estimate of drug-likeness (QED) is 0.0262. The van der Waals surface area contributed by atoms with Gasteiger partial charge in [-0.2, -0.15) is 0 Å². The maximum absolute atomic E-state index is 12.8. The van der Waals surface area contributed by atoms with Gasteiger partial charge < -0.3 is 14.2 Å². The first kappa shape index (κ1) is 66.3. The number of rotatable bonds is 49. The molecule has 0 aromatic heterocycles. The summed E-state index contributed by atoms with van der Waals surface area (Å²) in [6, 6.07) is 0. The lowest BCUT2D eigenvalue weighted by atomic mass is 10.1. The van der Waals surface area contributed by atoms with Crippen LogP contribution in [0.15, 0.2) is 146 Å². The normalized spacial score (nSPS) is 13.2. The van der Waals surface area contributed by atoms with Gasteiger partial charge in [-0.05, 0) is 128 Å². The topological polar surface area (TPSA) is 78.9 Å². The van der Waals surface area contributed by atoms with Gasteiger partial charge in [0, 0.05) is 19.3 Å².